The third-order valence-electron chi connectivity index (χ3n) is 5.13. The summed E-state index contributed by atoms with van der Waals surface area (Å²) in [5.41, 5.74) is 0.642. The van der Waals surface area contributed by atoms with E-state index in [-0.39, 0.29) is 12.2 Å². The maximum atomic E-state index is 12.9. The van der Waals surface area contributed by atoms with E-state index in [1.807, 2.05) is 0 Å². The average Bonchev–Trinajstić information content (AvgIpc) is 2.97. The van der Waals surface area contributed by atoms with Crippen molar-refractivity contribution in [1.29, 1.82) is 0 Å². The second-order valence-corrected chi connectivity index (χ2v) is 6.95. The Morgan fingerprint density at radius 2 is 1.83 bits per heavy atom. The molecule has 0 aliphatic carbocycles. The molecule has 6 nitrogen and oxygen atoms in total. The molecule has 1 heterocycles. The number of anilines is 1. The maximum Gasteiger partial charge on any atom is 0.416 e. The Labute approximate surface area is 164 Å². The van der Waals surface area contributed by atoms with Crippen LogP contribution in [0, 0.1) is 17.7 Å². The van der Waals surface area contributed by atoms with Crippen LogP contribution in [0.2, 0.25) is 0 Å². The number of hydrogen-bond acceptors (Lipinski definition) is 4. The van der Waals surface area contributed by atoms with Crippen molar-refractivity contribution in [2.45, 2.75) is 19.0 Å². The first kappa shape index (κ1) is 20.5. The number of nitrogens with one attached hydrogen (secondary N) is 1. The lowest BCUT2D eigenvalue weighted by atomic mass is 9.87. The van der Waals surface area contributed by atoms with Crippen LogP contribution in [0.15, 0.2) is 47.6 Å². The van der Waals surface area contributed by atoms with Crippen LogP contribution in [0.5, 0.6) is 0 Å². The van der Waals surface area contributed by atoms with Gasteiger partial charge in [-0.3, -0.25) is 9.59 Å². The molecule has 1 aliphatic heterocycles. The molecular weight excluding hydrogens is 387 g/mol. The number of amides is 2. The third kappa shape index (κ3) is 3.98. The predicted molar refractivity (Wildman–Crippen MR) is 101 cm³/mol. The molecule has 1 N–H and O–H groups in total. The van der Waals surface area contributed by atoms with Crippen molar-refractivity contribution < 1.29 is 22.8 Å². The fraction of sp³-hybridized carbons (Fsp3) is 0.300. The van der Waals surface area contributed by atoms with Gasteiger partial charge in [0.05, 0.1) is 5.56 Å². The molecule has 3 rings (SSSR count). The largest absolute Gasteiger partial charge is 0.416 e. The molecule has 0 spiro atoms. The summed E-state index contributed by atoms with van der Waals surface area (Å²) in [7, 11) is 1.54. The second-order valence-electron chi connectivity index (χ2n) is 6.95. The fourth-order valence-corrected chi connectivity index (χ4v) is 3.48. The zero-order valence-electron chi connectivity index (χ0n) is 15.7. The van der Waals surface area contributed by atoms with Gasteiger partial charge in [0.2, 0.25) is 11.8 Å². The molecular formula is C20H18F3N3O3. The van der Waals surface area contributed by atoms with Crippen molar-refractivity contribution in [1.82, 2.24) is 4.90 Å². The molecule has 0 bridgehead atoms. The molecule has 0 unspecified atom stereocenters. The van der Waals surface area contributed by atoms with E-state index in [1.165, 1.54) is 30.1 Å². The number of likely N-dealkylation sites (N-methyl/N-ethyl adjacent to an activating group) is 1. The number of hydrogen-bond donors (Lipinski definition) is 1. The van der Waals surface area contributed by atoms with Crippen LogP contribution in [-0.4, -0.2) is 30.3 Å². The first-order valence-electron chi connectivity index (χ1n) is 8.79. The highest BCUT2D eigenvalue weighted by molar-refractivity contribution is 6.08. The number of carbonyl (C=O) groups excluding carboxylic acids is 2. The van der Waals surface area contributed by atoms with Crippen molar-refractivity contribution in [3.63, 3.8) is 0 Å². The van der Waals surface area contributed by atoms with E-state index in [0.717, 1.165) is 12.1 Å². The van der Waals surface area contributed by atoms with Crippen LogP contribution < -0.4 is 5.32 Å². The summed E-state index contributed by atoms with van der Waals surface area (Å²) < 4.78 is 38.4. The lowest BCUT2D eigenvalue weighted by Crippen LogP contribution is -2.32. The minimum atomic E-state index is -4.47. The highest BCUT2D eigenvalue weighted by Crippen LogP contribution is 2.36. The Morgan fingerprint density at radius 1 is 1.17 bits per heavy atom. The van der Waals surface area contributed by atoms with Crippen LogP contribution in [0.1, 0.15) is 22.6 Å². The van der Waals surface area contributed by atoms with Gasteiger partial charge in [0.1, 0.15) is 11.6 Å². The number of alkyl halides is 3. The molecule has 2 atom stereocenters. The molecule has 2 aromatic rings. The van der Waals surface area contributed by atoms with E-state index in [1.54, 1.807) is 19.1 Å². The van der Waals surface area contributed by atoms with Crippen LogP contribution in [-0.2, 0) is 15.8 Å². The summed E-state index contributed by atoms with van der Waals surface area (Å²) in [6.07, 6.45) is -4.47. The number of nitrogens with zero attached hydrogens (tertiary/aromatic N) is 2. The summed E-state index contributed by atoms with van der Waals surface area (Å²) in [5, 5.41) is 5.53. The minimum Gasteiger partial charge on any atom is -0.344 e. The Morgan fingerprint density at radius 3 is 2.41 bits per heavy atom. The summed E-state index contributed by atoms with van der Waals surface area (Å²) >= 11 is 0. The number of benzene rings is 2. The van der Waals surface area contributed by atoms with Crippen LogP contribution in [0.25, 0.3) is 0 Å². The molecule has 1 saturated heterocycles. The van der Waals surface area contributed by atoms with E-state index < -0.39 is 35.4 Å². The summed E-state index contributed by atoms with van der Waals surface area (Å²) in [4.78, 5) is 37.7. The lowest BCUT2D eigenvalue weighted by Gasteiger charge is -2.18. The van der Waals surface area contributed by atoms with Gasteiger partial charge in [-0.2, -0.15) is 13.2 Å². The van der Waals surface area contributed by atoms with Crippen molar-refractivity contribution >= 4 is 23.2 Å². The Bertz CT molecular complexity index is 958. The van der Waals surface area contributed by atoms with E-state index in [4.69, 9.17) is 0 Å². The normalized spacial score (nSPS) is 19.3. The van der Waals surface area contributed by atoms with Gasteiger partial charge < -0.3 is 10.2 Å². The first-order chi connectivity index (χ1) is 13.6. The van der Waals surface area contributed by atoms with Crippen LogP contribution in [0.4, 0.5) is 24.5 Å². The van der Waals surface area contributed by atoms with Crippen molar-refractivity contribution in [3.05, 3.63) is 64.1 Å². The molecule has 0 radical (unpaired) electrons. The van der Waals surface area contributed by atoms with E-state index in [9.17, 15) is 27.7 Å². The van der Waals surface area contributed by atoms with Crippen molar-refractivity contribution in [2.75, 3.05) is 18.9 Å². The number of rotatable bonds is 4. The minimum absolute atomic E-state index is 0.164. The molecule has 0 saturated carbocycles. The second kappa shape index (κ2) is 7.65. The number of carbonyl (C=O) groups is 2. The summed E-state index contributed by atoms with van der Waals surface area (Å²) in [6, 6.07) is 9.10. The number of likely N-dealkylation sites (tertiary alicyclic amines) is 1. The van der Waals surface area contributed by atoms with E-state index >= 15 is 0 Å². The Balaban J connectivity index is 1.88. The van der Waals surface area contributed by atoms with Gasteiger partial charge in [-0.1, -0.05) is 18.2 Å². The van der Waals surface area contributed by atoms with Crippen molar-refractivity contribution in [3.8, 4) is 0 Å². The topological polar surface area (TPSA) is 78.8 Å². The predicted octanol–water partition coefficient (Wildman–Crippen LogP) is 4.22. The van der Waals surface area contributed by atoms with Gasteiger partial charge in [-0.25, -0.2) is 0 Å². The maximum absolute atomic E-state index is 12.9. The fourth-order valence-electron chi connectivity index (χ4n) is 3.48. The van der Waals surface area contributed by atoms with E-state index in [2.05, 4.69) is 10.5 Å². The zero-order chi connectivity index (χ0) is 21.3. The SMILES string of the molecule is Cc1c(N=O)cccc1NC(=O)[C@H]1C(=O)N(C)C[C@@H]1c1ccc(C(F)(F)F)cc1. The smallest absolute Gasteiger partial charge is 0.344 e. The highest BCUT2D eigenvalue weighted by Gasteiger charge is 2.44. The van der Waals surface area contributed by atoms with Crippen LogP contribution in [0.3, 0.4) is 0 Å². The summed E-state index contributed by atoms with van der Waals surface area (Å²) in [6.45, 7) is 1.82. The third-order valence-corrected chi connectivity index (χ3v) is 5.13. The van der Waals surface area contributed by atoms with Gasteiger partial charge in [-0.05, 0) is 41.9 Å². The van der Waals surface area contributed by atoms with Gasteiger partial charge in [0, 0.05) is 30.8 Å². The molecule has 152 valence electrons. The average molecular weight is 405 g/mol. The molecule has 1 aliphatic rings. The molecule has 0 aromatic heterocycles. The molecule has 1 fully saturated rings. The molecule has 2 amide bonds. The Hall–Kier alpha value is -3.23. The standard InChI is InChI=1S/C20H18F3N3O3/c1-11-15(4-3-5-16(11)25-29)24-18(27)17-14(10-26(2)19(17)28)12-6-8-13(9-7-12)20(21,22)23/h3-9,14,17H,10H2,1-2H3,(H,24,27)/t14-,17+/m1/s1. The van der Waals surface area contributed by atoms with Gasteiger partial charge >= 0.3 is 6.18 Å². The number of halogens is 3. The summed E-state index contributed by atoms with van der Waals surface area (Å²) in [5.74, 6) is -2.70. The van der Waals surface area contributed by atoms with E-state index in [0.29, 0.717) is 16.8 Å². The first-order valence-corrected chi connectivity index (χ1v) is 8.79. The lowest BCUT2D eigenvalue weighted by molar-refractivity contribution is -0.138. The van der Waals surface area contributed by atoms with Gasteiger partial charge in [-0.15, -0.1) is 4.91 Å². The quantitative estimate of drug-likeness (QED) is 0.611. The molecule has 29 heavy (non-hydrogen) atoms. The Kier molecular flexibility index (Phi) is 5.41. The highest BCUT2D eigenvalue weighted by atomic mass is 19.4. The van der Waals surface area contributed by atoms with Crippen molar-refractivity contribution in [2.24, 2.45) is 11.1 Å². The van der Waals surface area contributed by atoms with Gasteiger partial charge in [0.25, 0.3) is 0 Å². The van der Waals surface area contributed by atoms with Gasteiger partial charge in [0.15, 0.2) is 0 Å². The molecule has 9 heteroatoms. The molecule has 2 aromatic carbocycles. The van der Waals surface area contributed by atoms with Crippen LogP contribution >= 0.6 is 0 Å². The monoisotopic (exact) mass is 405 g/mol. The zero-order valence-corrected chi connectivity index (χ0v) is 15.7. The number of nitroso groups, excluding NO2 is 1.